The molecule has 11 heteroatoms. The molecule has 1 aromatic carbocycles. The third kappa shape index (κ3) is 5.48. The predicted octanol–water partition coefficient (Wildman–Crippen LogP) is 5.52. The predicted molar refractivity (Wildman–Crippen MR) is 150 cm³/mol. The van der Waals surface area contributed by atoms with E-state index in [0.29, 0.717) is 37.0 Å². The highest BCUT2D eigenvalue weighted by Gasteiger charge is 2.32. The minimum Gasteiger partial charge on any atom is -0.493 e. The van der Waals surface area contributed by atoms with E-state index in [1.54, 1.807) is 42.7 Å². The molecule has 2 aliphatic rings. The van der Waals surface area contributed by atoms with Gasteiger partial charge in [-0.3, -0.25) is 14.5 Å². The van der Waals surface area contributed by atoms with Gasteiger partial charge in [-0.25, -0.2) is 0 Å². The van der Waals surface area contributed by atoms with Crippen molar-refractivity contribution in [1.82, 2.24) is 4.90 Å². The van der Waals surface area contributed by atoms with Gasteiger partial charge in [0.15, 0.2) is 18.1 Å². The molecule has 1 aliphatic heterocycles. The van der Waals surface area contributed by atoms with Crippen molar-refractivity contribution in [1.29, 1.82) is 5.26 Å². The molecular formula is C27H23N3O5S3. The number of ether oxygens (including phenoxy) is 2. The van der Waals surface area contributed by atoms with Crippen LogP contribution in [-0.2, 0) is 29.0 Å². The van der Waals surface area contributed by atoms with Crippen LogP contribution in [-0.4, -0.2) is 34.8 Å². The monoisotopic (exact) mass is 565 g/mol. The van der Waals surface area contributed by atoms with Gasteiger partial charge in [0, 0.05) is 4.88 Å². The van der Waals surface area contributed by atoms with Crippen LogP contribution in [0.2, 0.25) is 0 Å². The summed E-state index contributed by atoms with van der Waals surface area (Å²) in [7, 11) is 1.50. The first-order chi connectivity index (χ1) is 18.5. The van der Waals surface area contributed by atoms with Crippen LogP contribution in [0.25, 0.3) is 6.08 Å². The van der Waals surface area contributed by atoms with Gasteiger partial charge in [-0.05, 0) is 67.2 Å². The number of benzene rings is 1. The Bertz CT molecular complexity index is 1470. The van der Waals surface area contributed by atoms with Gasteiger partial charge >= 0.3 is 0 Å². The second-order valence-electron chi connectivity index (χ2n) is 8.62. The van der Waals surface area contributed by atoms with E-state index < -0.39 is 0 Å². The average molecular weight is 566 g/mol. The summed E-state index contributed by atoms with van der Waals surface area (Å²) in [4.78, 5) is 28.7. The summed E-state index contributed by atoms with van der Waals surface area (Å²) in [6.07, 6.45) is 7.27. The average Bonchev–Trinajstić information content (AvgIpc) is 3.62. The molecule has 0 unspecified atom stereocenters. The second kappa shape index (κ2) is 11.4. The van der Waals surface area contributed by atoms with Crippen LogP contribution < -0.4 is 14.8 Å². The van der Waals surface area contributed by atoms with Gasteiger partial charge in [0.1, 0.15) is 21.2 Å². The van der Waals surface area contributed by atoms with Gasteiger partial charge in [-0.2, -0.15) is 5.26 Å². The lowest BCUT2D eigenvalue weighted by molar-refractivity contribution is -0.122. The Morgan fingerprint density at radius 2 is 2.13 bits per heavy atom. The number of aryl methyl sites for hydroxylation is 1. The molecule has 194 valence electrons. The topological polar surface area (TPSA) is 105 Å². The number of furan rings is 1. The van der Waals surface area contributed by atoms with E-state index in [-0.39, 0.29) is 25.0 Å². The number of carbonyl (C=O) groups is 2. The van der Waals surface area contributed by atoms with Crippen molar-refractivity contribution in [2.75, 3.05) is 19.0 Å². The Kier molecular flexibility index (Phi) is 7.83. The number of nitrogens with zero attached hydrogens (tertiary/aromatic N) is 2. The Labute approximate surface area is 233 Å². The molecule has 0 radical (unpaired) electrons. The number of thioether (sulfide) groups is 1. The van der Waals surface area contributed by atoms with Crippen molar-refractivity contribution >= 4 is 62.5 Å². The van der Waals surface area contributed by atoms with Crippen molar-refractivity contribution in [3.05, 3.63) is 68.8 Å². The summed E-state index contributed by atoms with van der Waals surface area (Å²) in [5.41, 5.74) is 2.35. The lowest BCUT2D eigenvalue weighted by Gasteiger charge is -2.12. The Balaban J connectivity index is 1.24. The van der Waals surface area contributed by atoms with Crippen molar-refractivity contribution in [3.63, 3.8) is 0 Å². The molecule has 3 heterocycles. The summed E-state index contributed by atoms with van der Waals surface area (Å²) >= 11 is 8.08. The Morgan fingerprint density at radius 3 is 2.89 bits per heavy atom. The number of anilines is 1. The van der Waals surface area contributed by atoms with Crippen molar-refractivity contribution in [2.45, 2.75) is 32.2 Å². The summed E-state index contributed by atoms with van der Waals surface area (Å²) in [5.74, 6) is 0.904. The number of amides is 2. The van der Waals surface area contributed by atoms with Crippen LogP contribution in [0.1, 0.15) is 40.2 Å². The summed E-state index contributed by atoms with van der Waals surface area (Å²) in [5, 5.41) is 13.0. The number of thiocarbonyl (C=S) groups is 1. The maximum Gasteiger partial charge on any atom is 0.266 e. The molecule has 0 bridgehead atoms. The molecule has 8 nitrogen and oxygen atoms in total. The second-order valence-corrected chi connectivity index (χ2v) is 11.4. The zero-order chi connectivity index (χ0) is 26.6. The first kappa shape index (κ1) is 26.0. The van der Waals surface area contributed by atoms with E-state index in [1.165, 1.54) is 40.0 Å². The quantitative estimate of drug-likeness (QED) is 0.281. The molecule has 1 fully saturated rings. The first-order valence-corrected chi connectivity index (χ1v) is 13.9. The number of methoxy groups -OCH3 is 1. The minimum atomic E-state index is -0.355. The van der Waals surface area contributed by atoms with Gasteiger partial charge in [0.2, 0.25) is 0 Å². The van der Waals surface area contributed by atoms with Crippen LogP contribution in [0.4, 0.5) is 5.00 Å². The lowest BCUT2D eigenvalue weighted by atomic mass is 9.96. The Morgan fingerprint density at radius 1 is 1.29 bits per heavy atom. The number of hydrogen-bond donors (Lipinski definition) is 1. The normalized spacial score (nSPS) is 15.9. The largest absolute Gasteiger partial charge is 0.493 e. The minimum absolute atomic E-state index is 0.195. The number of hydrogen-bond acceptors (Lipinski definition) is 9. The number of carbonyl (C=O) groups excluding carboxylic acids is 2. The molecule has 0 spiro atoms. The van der Waals surface area contributed by atoms with Gasteiger partial charge in [-0.1, -0.05) is 30.0 Å². The lowest BCUT2D eigenvalue weighted by Crippen LogP contribution is -2.27. The fourth-order valence-electron chi connectivity index (χ4n) is 4.32. The SMILES string of the molecule is COc1cc(/C=C2\SC(=S)N(Cc3ccco3)C2=O)ccc1OCC(=O)Nc1sc2c(c1C#N)CCCC2. The molecule has 1 N–H and O–H groups in total. The highest BCUT2D eigenvalue weighted by Crippen LogP contribution is 2.38. The van der Waals surface area contributed by atoms with Gasteiger partial charge in [0.05, 0.1) is 30.4 Å². The third-order valence-electron chi connectivity index (χ3n) is 6.15. The molecular weight excluding hydrogens is 543 g/mol. The van der Waals surface area contributed by atoms with E-state index in [1.807, 2.05) is 0 Å². The number of nitrogens with one attached hydrogen (secondary N) is 1. The number of rotatable bonds is 8. The van der Waals surface area contributed by atoms with Gasteiger partial charge in [0.25, 0.3) is 11.8 Å². The number of thiophene rings is 1. The van der Waals surface area contributed by atoms with Crippen molar-refractivity contribution in [2.24, 2.45) is 0 Å². The van der Waals surface area contributed by atoms with E-state index in [0.717, 1.165) is 36.8 Å². The van der Waals surface area contributed by atoms with Crippen LogP contribution >= 0.6 is 35.3 Å². The molecule has 2 amide bonds. The molecule has 0 saturated carbocycles. The third-order valence-corrected chi connectivity index (χ3v) is 8.73. The highest BCUT2D eigenvalue weighted by molar-refractivity contribution is 8.26. The number of fused-ring (bicyclic) bond motifs is 1. The summed E-state index contributed by atoms with van der Waals surface area (Å²) < 4.78 is 17.0. The van der Waals surface area contributed by atoms with E-state index in [2.05, 4.69) is 11.4 Å². The fraction of sp³-hybridized carbons (Fsp3) is 0.259. The zero-order valence-electron chi connectivity index (χ0n) is 20.4. The van der Waals surface area contributed by atoms with E-state index >= 15 is 0 Å². The van der Waals surface area contributed by atoms with E-state index in [4.69, 9.17) is 26.1 Å². The number of nitriles is 1. The fourth-order valence-corrected chi connectivity index (χ4v) is 6.83. The van der Waals surface area contributed by atoms with Crippen LogP contribution in [0.15, 0.2) is 45.9 Å². The van der Waals surface area contributed by atoms with Crippen molar-refractivity contribution < 1.29 is 23.5 Å². The molecule has 2 aromatic heterocycles. The molecule has 3 aromatic rings. The van der Waals surface area contributed by atoms with Gasteiger partial charge in [-0.15, -0.1) is 11.3 Å². The zero-order valence-corrected chi connectivity index (χ0v) is 22.9. The molecule has 38 heavy (non-hydrogen) atoms. The molecule has 5 rings (SSSR count). The molecule has 1 aliphatic carbocycles. The maximum absolute atomic E-state index is 12.9. The Hall–Kier alpha value is -3.59. The van der Waals surface area contributed by atoms with Gasteiger partial charge < -0.3 is 19.2 Å². The standard InChI is InChI=1S/C27H23N3O5S3/c1-33-21-11-16(12-23-26(32)30(27(36)38-23)14-17-5-4-10-34-17)8-9-20(21)35-15-24(31)29-25-19(13-28)18-6-2-3-7-22(18)37-25/h4-5,8-12H,2-3,6-7,14-15H2,1H3,(H,29,31)/b23-12-. The van der Waals surface area contributed by atoms with Crippen LogP contribution in [0, 0.1) is 11.3 Å². The summed E-state index contributed by atoms with van der Waals surface area (Å²) in [6.45, 7) is 0.0334. The van der Waals surface area contributed by atoms with Crippen LogP contribution in [0.5, 0.6) is 11.5 Å². The molecule has 1 saturated heterocycles. The first-order valence-electron chi connectivity index (χ1n) is 11.9. The smallest absolute Gasteiger partial charge is 0.266 e. The highest BCUT2D eigenvalue weighted by atomic mass is 32.2. The van der Waals surface area contributed by atoms with Crippen molar-refractivity contribution in [3.8, 4) is 17.6 Å². The van der Waals surface area contributed by atoms with E-state index in [9.17, 15) is 14.9 Å². The summed E-state index contributed by atoms with van der Waals surface area (Å²) in [6, 6.07) is 11.0. The maximum atomic E-state index is 12.9. The van der Waals surface area contributed by atoms with Crippen LogP contribution in [0.3, 0.4) is 0 Å². The molecule has 0 atom stereocenters.